The standard InChI is InChI=1S/C14H19N3OS/c1-11(18)17-8-6-16(7-9-17)10-12-4-2-3-5-13(12)14(15)19/h2-5H,6-10H2,1H3,(H2,15,19). The van der Waals surface area contributed by atoms with Crippen LogP contribution in [0, 0.1) is 0 Å². The van der Waals surface area contributed by atoms with Crippen LogP contribution in [0.1, 0.15) is 18.1 Å². The highest BCUT2D eigenvalue weighted by Crippen LogP contribution is 2.13. The number of rotatable bonds is 3. The monoisotopic (exact) mass is 277 g/mol. The average Bonchev–Trinajstić information content (AvgIpc) is 2.39. The third-order valence-electron chi connectivity index (χ3n) is 3.49. The Morgan fingerprint density at radius 1 is 1.26 bits per heavy atom. The molecule has 102 valence electrons. The van der Waals surface area contributed by atoms with E-state index in [0.717, 1.165) is 43.9 Å². The third-order valence-corrected chi connectivity index (χ3v) is 3.71. The number of nitrogens with two attached hydrogens (primary N) is 1. The molecule has 0 unspecified atom stereocenters. The number of nitrogens with zero attached hydrogens (tertiary/aromatic N) is 2. The Kier molecular flexibility index (Phi) is 4.50. The van der Waals surface area contributed by atoms with E-state index < -0.39 is 0 Å². The molecule has 1 aromatic carbocycles. The lowest BCUT2D eigenvalue weighted by Gasteiger charge is -2.34. The largest absolute Gasteiger partial charge is 0.389 e. The number of benzene rings is 1. The molecule has 19 heavy (non-hydrogen) atoms. The first-order chi connectivity index (χ1) is 9.08. The molecule has 0 bridgehead atoms. The van der Waals surface area contributed by atoms with E-state index >= 15 is 0 Å². The second-order valence-corrected chi connectivity index (χ2v) is 5.24. The molecule has 0 saturated carbocycles. The normalized spacial score (nSPS) is 16.4. The van der Waals surface area contributed by atoms with Gasteiger partial charge in [-0.1, -0.05) is 36.5 Å². The van der Waals surface area contributed by atoms with Gasteiger partial charge in [0.2, 0.25) is 5.91 Å². The lowest BCUT2D eigenvalue weighted by Crippen LogP contribution is -2.47. The van der Waals surface area contributed by atoms with Crippen molar-refractivity contribution >= 4 is 23.1 Å². The van der Waals surface area contributed by atoms with Gasteiger partial charge in [0.05, 0.1) is 0 Å². The second-order valence-electron chi connectivity index (χ2n) is 4.80. The minimum absolute atomic E-state index is 0.156. The summed E-state index contributed by atoms with van der Waals surface area (Å²) in [5, 5.41) is 0. The summed E-state index contributed by atoms with van der Waals surface area (Å²) >= 11 is 5.08. The number of carbonyl (C=O) groups is 1. The number of hydrogen-bond acceptors (Lipinski definition) is 3. The molecule has 1 heterocycles. The lowest BCUT2D eigenvalue weighted by molar-refractivity contribution is -0.130. The molecular formula is C14H19N3OS. The SMILES string of the molecule is CC(=O)N1CCN(Cc2ccccc2C(N)=S)CC1. The molecule has 1 aliphatic heterocycles. The van der Waals surface area contributed by atoms with Gasteiger partial charge in [0.25, 0.3) is 0 Å². The fourth-order valence-electron chi connectivity index (χ4n) is 2.36. The van der Waals surface area contributed by atoms with Crippen LogP contribution < -0.4 is 5.73 Å². The van der Waals surface area contributed by atoms with Crippen molar-refractivity contribution < 1.29 is 4.79 Å². The van der Waals surface area contributed by atoms with Crippen molar-refractivity contribution in [3.05, 3.63) is 35.4 Å². The van der Waals surface area contributed by atoms with Gasteiger partial charge >= 0.3 is 0 Å². The molecular weight excluding hydrogens is 258 g/mol. The number of piperazine rings is 1. The molecule has 1 aliphatic rings. The first-order valence-corrected chi connectivity index (χ1v) is 6.84. The first kappa shape index (κ1) is 14.0. The Morgan fingerprint density at radius 2 is 1.89 bits per heavy atom. The summed E-state index contributed by atoms with van der Waals surface area (Å²) in [6.45, 7) is 5.84. The van der Waals surface area contributed by atoms with Crippen LogP contribution in [0.25, 0.3) is 0 Å². The number of carbonyl (C=O) groups excluding carboxylic acids is 1. The molecule has 1 fully saturated rings. The molecule has 0 aliphatic carbocycles. The van der Waals surface area contributed by atoms with E-state index in [2.05, 4.69) is 11.0 Å². The molecule has 1 aromatic rings. The summed E-state index contributed by atoms with van der Waals surface area (Å²) in [5.74, 6) is 0.156. The topological polar surface area (TPSA) is 49.6 Å². The smallest absolute Gasteiger partial charge is 0.219 e. The molecule has 0 spiro atoms. The van der Waals surface area contributed by atoms with Crippen LogP contribution in [0.2, 0.25) is 0 Å². The predicted molar refractivity (Wildman–Crippen MR) is 79.9 cm³/mol. The summed E-state index contributed by atoms with van der Waals surface area (Å²) in [7, 11) is 0. The van der Waals surface area contributed by atoms with Crippen molar-refractivity contribution in [2.75, 3.05) is 26.2 Å². The molecule has 5 heteroatoms. The second kappa shape index (κ2) is 6.12. The van der Waals surface area contributed by atoms with Crippen LogP contribution in [0.15, 0.2) is 24.3 Å². The molecule has 4 nitrogen and oxygen atoms in total. The molecule has 1 amide bonds. The van der Waals surface area contributed by atoms with E-state index in [1.54, 1.807) is 6.92 Å². The van der Waals surface area contributed by atoms with Gasteiger partial charge in [-0.25, -0.2) is 0 Å². The zero-order chi connectivity index (χ0) is 13.8. The van der Waals surface area contributed by atoms with Gasteiger partial charge in [-0.15, -0.1) is 0 Å². The lowest BCUT2D eigenvalue weighted by atomic mass is 10.1. The van der Waals surface area contributed by atoms with E-state index in [1.807, 2.05) is 23.1 Å². The molecule has 2 rings (SSSR count). The van der Waals surface area contributed by atoms with Gasteiger partial charge in [-0.3, -0.25) is 9.69 Å². The maximum Gasteiger partial charge on any atom is 0.219 e. The first-order valence-electron chi connectivity index (χ1n) is 6.43. The van der Waals surface area contributed by atoms with Crippen LogP contribution in [-0.4, -0.2) is 46.9 Å². The van der Waals surface area contributed by atoms with Crippen LogP contribution in [-0.2, 0) is 11.3 Å². The number of hydrogen-bond donors (Lipinski definition) is 1. The summed E-state index contributed by atoms with van der Waals surface area (Å²) in [4.78, 5) is 15.9. The van der Waals surface area contributed by atoms with Crippen molar-refractivity contribution in [2.24, 2.45) is 5.73 Å². The molecule has 2 N–H and O–H groups in total. The minimum atomic E-state index is 0.156. The summed E-state index contributed by atoms with van der Waals surface area (Å²) in [6.07, 6.45) is 0. The zero-order valence-corrected chi connectivity index (χ0v) is 11.9. The van der Waals surface area contributed by atoms with Crippen LogP contribution >= 0.6 is 12.2 Å². The molecule has 0 atom stereocenters. The summed E-state index contributed by atoms with van der Waals surface area (Å²) in [5.41, 5.74) is 7.85. The highest BCUT2D eigenvalue weighted by Gasteiger charge is 2.19. The zero-order valence-electron chi connectivity index (χ0n) is 11.1. The molecule has 1 saturated heterocycles. The average molecular weight is 277 g/mol. The molecule has 0 aromatic heterocycles. The Balaban J connectivity index is 2.00. The highest BCUT2D eigenvalue weighted by atomic mass is 32.1. The van der Waals surface area contributed by atoms with Gasteiger partial charge in [0.15, 0.2) is 0 Å². The van der Waals surface area contributed by atoms with Gasteiger partial charge in [0.1, 0.15) is 4.99 Å². The maximum absolute atomic E-state index is 11.3. The minimum Gasteiger partial charge on any atom is -0.389 e. The molecule has 0 radical (unpaired) electrons. The van der Waals surface area contributed by atoms with E-state index in [0.29, 0.717) is 4.99 Å². The van der Waals surface area contributed by atoms with Gasteiger partial charge in [0, 0.05) is 45.2 Å². The van der Waals surface area contributed by atoms with E-state index in [9.17, 15) is 4.79 Å². The maximum atomic E-state index is 11.3. The van der Waals surface area contributed by atoms with Crippen LogP contribution in [0.4, 0.5) is 0 Å². The fraction of sp³-hybridized carbons (Fsp3) is 0.429. The number of thiocarbonyl (C=S) groups is 1. The van der Waals surface area contributed by atoms with Crippen molar-refractivity contribution in [3.63, 3.8) is 0 Å². The predicted octanol–water partition coefficient (Wildman–Crippen LogP) is 0.985. The quantitative estimate of drug-likeness (QED) is 0.837. The summed E-state index contributed by atoms with van der Waals surface area (Å²) in [6, 6.07) is 7.98. The van der Waals surface area contributed by atoms with Gasteiger partial charge in [-0.2, -0.15) is 0 Å². The number of amides is 1. The van der Waals surface area contributed by atoms with E-state index in [1.165, 1.54) is 0 Å². The Labute approximate surface area is 119 Å². The van der Waals surface area contributed by atoms with E-state index in [4.69, 9.17) is 18.0 Å². The van der Waals surface area contributed by atoms with Crippen molar-refractivity contribution in [3.8, 4) is 0 Å². The van der Waals surface area contributed by atoms with Crippen molar-refractivity contribution in [1.29, 1.82) is 0 Å². The third kappa shape index (κ3) is 3.52. The van der Waals surface area contributed by atoms with Crippen molar-refractivity contribution in [2.45, 2.75) is 13.5 Å². The highest BCUT2D eigenvalue weighted by molar-refractivity contribution is 7.80. The Hall–Kier alpha value is -1.46. The van der Waals surface area contributed by atoms with Gasteiger partial charge in [-0.05, 0) is 5.56 Å². The summed E-state index contributed by atoms with van der Waals surface area (Å²) < 4.78 is 0. The van der Waals surface area contributed by atoms with Gasteiger partial charge < -0.3 is 10.6 Å². The Bertz CT molecular complexity index is 481. The van der Waals surface area contributed by atoms with Crippen LogP contribution in [0.5, 0.6) is 0 Å². The Morgan fingerprint density at radius 3 is 2.47 bits per heavy atom. The van der Waals surface area contributed by atoms with Crippen LogP contribution in [0.3, 0.4) is 0 Å². The van der Waals surface area contributed by atoms with Crippen molar-refractivity contribution in [1.82, 2.24) is 9.80 Å². The van der Waals surface area contributed by atoms with E-state index in [-0.39, 0.29) is 5.91 Å². The fourth-order valence-corrected chi connectivity index (χ4v) is 2.56.